The number of benzene rings is 1. The van der Waals surface area contributed by atoms with Gasteiger partial charge in [-0.1, -0.05) is 19.6 Å². The second-order valence-corrected chi connectivity index (χ2v) is 8.34. The van der Waals surface area contributed by atoms with Crippen molar-refractivity contribution in [3.63, 3.8) is 0 Å². The van der Waals surface area contributed by atoms with Gasteiger partial charge in [-0.15, -0.1) is 0 Å². The van der Waals surface area contributed by atoms with Crippen LogP contribution in [-0.2, 0) is 4.74 Å². The van der Waals surface area contributed by atoms with E-state index in [9.17, 15) is 14.3 Å². The lowest BCUT2D eigenvalue weighted by atomic mass is 9.77. The van der Waals surface area contributed by atoms with Crippen LogP contribution in [0, 0.1) is 11.7 Å². The number of halogens is 1. The standard InChI is InChI=1S/C21H26FN3O3/c1-14(16-10-23-25(11-16)18-8-6-7-17(22)9-18)15(2)21(27)12-24(13-21)19(26)28-20(3,4)5/h6-11,15,27H,1,12-13H2,2-5H3/t15-/m1/s1. The Balaban J connectivity index is 1.66. The van der Waals surface area contributed by atoms with Crippen LogP contribution in [0.15, 0.2) is 43.2 Å². The quantitative estimate of drug-likeness (QED) is 0.870. The molecular formula is C21H26FN3O3. The molecule has 0 unspecified atom stereocenters. The van der Waals surface area contributed by atoms with E-state index in [4.69, 9.17) is 4.74 Å². The molecule has 1 aromatic heterocycles. The monoisotopic (exact) mass is 387 g/mol. The van der Waals surface area contributed by atoms with E-state index in [-0.39, 0.29) is 24.8 Å². The van der Waals surface area contributed by atoms with E-state index in [1.54, 1.807) is 50.0 Å². The molecule has 7 heteroatoms. The maximum Gasteiger partial charge on any atom is 0.410 e. The average Bonchev–Trinajstić information content (AvgIpc) is 3.06. The topological polar surface area (TPSA) is 67.6 Å². The zero-order chi connectivity index (χ0) is 20.7. The average molecular weight is 387 g/mol. The fraction of sp³-hybridized carbons (Fsp3) is 0.429. The number of aliphatic hydroxyl groups is 1. The van der Waals surface area contributed by atoms with Crippen molar-refractivity contribution < 1.29 is 19.0 Å². The number of ether oxygens (including phenoxy) is 1. The highest BCUT2D eigenvalue weighted by Gasteiger charge is 2.49. The van der Waals surface area contributed by atoms with E-state index in [1.165, 1.54) is 17.0 Å². The molecule has 1 amide bonds. The van der Waals surface area contributed by atoms with Crippen LogP contribution >= 0.6 is 0 Å². The van der Waals surface area contributed by atoms with Crippen molar-refractivity contribution in [2.24, 2.45) is 5.92 Å². The second-order valence-electron chi connectivity index (χ2n) is 8.34. The molecule has 0 aliphatic carbocycles. The number of nitrogens with zero attached hydrogens (tertiary/aromatic N) is 3. The molecule has 0 saturated carbocycles. The second kappa shape index (κ2) is 7.05. The number of hydrogen-bond donors (Lipinski definition) is 1. The Morgan fingerprint density at radius 2 is 2.07 bits per heavy atom. The van der Waals surface area contributed by atoms with E-state index in [0.717, 1.165) is 5.56 Å². The first kappa shape index (κ1) is 20.1. The van der Waals surface area contributed by atoms with Crippen LogP contribution in [0.25, 0.3) is 11.3 Å². The summed E-state index contributed by atoms with van der Waals surface area (Å²) in [5, 5.41) is 15.2. The molecule has 0 spiro atoms. The van der Waals surface area contributed by atoms with Crippen molar-refractivity contribution in [1.82, 2.24) is 14.7 Å². The minimum Gasteiger partial charge on any atom is -0.444 e. The van der Waals surface area contributed by atoms with Gasteiger partial charge in [0.25, 0.3) is 0 Å². The Bertz CT molecular complexity index is 894. The van der Waals surface area contributed by atoms with Gasteiger partial charge < -0.3 is 14.7 Å². The van der Waals surface area contributed by atoms with Gasteiger partial charge in [-0.05, 0) is 44.5 Å². The minimum absolute atomic E-state index is 0.181. The van der Waals surface area contributed by atoms with Crippen molar-refractivity contribution in [2.45, 2.75) is 38.9 Å². The van der Waals surface area contributed by atoms with Gasteiger partial charge in [-0.25, -0.2) is 13.9 Å². The first-order chi connectivity index (χ1) is 13.0. The highest BCUT2D eigenvalue weighted by atomic mass is 19.1. The summed E-state index contributed by atoms with van der Waals surface area (Å²) >= 11 is 0. The van der Waals surface area contributed by atoms with Crippen LogP contribution in [0.5, 0.6) is 0 Å². The van der Waals surface area contributed by atoms with E-state index in [2.05, 4.69) is 11.7 Å². The normalized spacial score (nSPS) is 17.0. The highest BCUT2D eigenvalue weighted by molar-refractivity contribution is 5.71. The lowest BCUT2D eigenvalue weighted by Crippen LogP contribution is -2.66. The van der Waals surface area contributed by atoms with Gasteiger partial charge in [0.15, 0.2) is 0 Å². The predicted octanol–water partition coefficient (Wildman–Crippen LogP) is 3.64. The SMILES string of the molecule is C=C(c1cnn(-c2cccc(F)c2)c1)[C@@H](C)C1(O)CN(C(=O)OC(C)(C)C)C1. The van der Waals surface area contributed by atoms with E-state index in [1.807, 2.05) is 6.92 Å². The Kier molecular flexibility index (Phi) is 5.06. The molecule has 1 saturated heterocycles. The third-order valence-corrected chi connectivity index (χ3v) is 4.94. The zero-order valence-electron chi connectivity index (χ0n) is 16.6. The molecule has 0 radical (unpaired) electrons. The zero-order valence-corrected chi connectivity index (χ0v) is 16.6. The van der Waals surface area contributed by atoms with Crippen LogP contribution in [0.2, 0.25) is 0 Å². The van der Waals surface area contributed by atoms with Gasteiger partial charge >= 0.3 is 6.09 Å². The van der Waals surface area contributed by atoms with Crippen molar-refractivity contribution in [2.75, 3.05) is 13.1 Å². The van der Waals surface area contributed by atoms with E-state index in [0.29, 0.717) is 11.3 Å². The van der Waals surface area contributed by atoms with Crippen LogP contribution in [0.3, 0.4) is 0 Å². The fourth-order valence-corrected chi connectivity index (χ4v) is 3.17. The van der Waals surface area contributed by atoms with Gasteiger partial charge in [-0.2, -0.15) is 5.10 Å². The Labute approximate surface area is 164 Å². The summed E-state index contributed by atoms with van der Waals surface area (Å²) in [7, 11) is 0. The third-order valence-electron chi connectivity index (χ3n) is 4.94. The summed E-state index contributed by atoms with van der Waals surface area (Å²) in [5.74, 6) is -0.635. The molecule has 1 atom stereocenters. The summed E-state index contributed by atoms with van der Waals surface area (Å²) in [4.78, 5) is 13.6. The highest BCUT2D eigenvalue weighted by Crippen LogP contribution is 2.37. The summed E-state index contributed by atoms with van der Waals surface area (Å²) in [6, 6.07) is 6.13. The molecule has 2 heterocycles. The molecule has 1 fully saturated rings. The largest absolute Gasteiger partial charge is 0.444 e. The van der Waals surface area contributed by atoms with Crippen molar-refractivity contribution in [1.29, 1.82) is 0 Å². The maximum absolute atomic E-state index is 13.4. The molecule has 3 rings (SSSR count). The first-order valence-electron chi connectivity index (χ1n) is 9.19. The predicted molar refractivity (Wildman–Crippen MR) is 104 cm³/mol. The first-order valence-corrected chi connectivity index (χ1v) is 9.19. The van der Waals surface area contributed by atoms with Gasteiger partial charge in [0, 0.05) is 17.7 Å². The lowest BCUT2D eigenvalue weighted by molar-refractivity contribution is -0.115. The fourth-order valence-electron chi connectivity index (χ4n) is 3.17. The number of hydrogen-bond acceptors (Lipinski definition) is 4. The molecule has 2 aromatic rings. The maximum atomic E-state index is 13.4. The van der Waals surface area contributed by atoms with Crippen LogP contribution < -0.4 is 0 Å². The molecule has 1 aliphatic rings. The number of carbonyl (C=O) groups excluding carboxylic acids is 1. The number of likely N-dealkylation sites (tertiary alicyclic amines) is 1. The minimum atomic E-state index is -1.07. The molecular weight excluding hydrogens is 361 g/mol. The number of aromatic nitrogens is 2. The van der Waals surface area contributed by atoms with Gasteiger partial charge in [-0.3, -0.25) is 0 Å². The smallest absolute Gasteiger partial charge is 0.410 e. The molecule has 1 aromatic carbocycles. The number of rotatable bonds is 4. The van der Waals surface area contributed by atoms with Gasteiger partial charge in [0.2, 0.25) is 0 Å². The Hall–Kier alpha value is -2.67. The van der Waals surface area contributed by atoms with Crippen molar-refractivity contribution in [3.05, 3.63) is 54.6 Å². The van der Waals surface area contributed by atoms with Gasteiger partial charge in [0.1, 0.15) is 17.0 Å². The van der Waals surface area contributed by atoms with Crippen molar-refractivity contribution >= 4 is 11.7 Å². The van der Waals surface area contributed by atoms with E-state index < -0.39 is 17.3 Å². The van der Waals surface area contributed by atoms with Crippen LogP contribution in [0.1, 0.15) is 33.3 Å². The molecule has 1 aliphatic heterocycles. The number of carbonyl (C=O) groups is 1. The summed E-state index contributed by atoms with van der Waals surface area (Å²) in [6.45, 7) is 11.7. The van der Waals surface area contributed by atoms with E-state index >= 15 is 0 Å². The Morgan fingerprint density at radius 1 is 1.39 bits per heavy atom. The van der Waals surface area contributed by atoms with Gasteiger partial charge in [0.05, 0.1) is 25.0 Å². The molecule has 6 nitrogen and oxygen atoms in total. The Morgan fingerprint density at radius 3 is 2.68 bits per heavy atom. The number of β-amino-alcohol motifs (C(OH)–C–C–N with tert-alkyl or cyclic N) is 1. The van der Waals surface area contributed by atoms with Crippen molar-refractivity contribution in [3.8, 4) is 5.69 Å². The summed E-state index contributed by atoms with van der Waals surface area (Å²) < 4.78 is 20.3. The molecule has 150 valence electrons. The molecule has 0 bridgehead atoms. The lowest BCUT2D eigenvalue weighted by Gasteiger charge is -2.49. The molecule has 28 heavy (non-hydrogen) atoms. The summed E-state index contributed by atoms with van der Waals surface area (Å²) in [6.07, 6.45) is 2.95. The van der Waals surface area contributed by atoms with Crippen LogP contribution in [0.4, 0.5) is 9.18 Å². The molecule has 1 N–H and O–H groups in total. The summed E-state index contributed by atoms with van der Waals surface area (Å²) in [5.41, 5.74) is 0.403. The third kappa shape index (κ3) is 4.09. The van der Waals surface area contributed by atoms with Crippen LogP contribution in [-0.4, -0.2) is 50.2 Å². The number of amides is 1.